The molecule has 86 valence electrons. The number of hydrogen-bond acceptors (Lipinski definition) is 5. The molecule has 0 aliphatic heterocycles. The second-order valence-corrected chi connectivity index (χ2v) is 4.65. The molecule has 0 amide bonds. The predicted molar refractivity (Wildman–Crippen MR) is 71.9 cm³/mol. The number of thiazole rings is 1. The number of para-hydroxylation sites is 1. The standard InChI is InChI=1S/C13H8N4S/c14-8-11-9(5-3-7-15-11)16-13-17-10-4-1-2-6-12(10)18-13/h1-7H,(H,16,17). The van der Waals surface area contributed by atoms with Gasteiger partial charge in [-0.3, -0.25) is 0 Å². The Bertz CT molecular complexity index is 709. The summed E-state index contributed by atoms with van der Waals surface area (Å²) in [6.07, 6.45) is 1.60. The molecule has 1 aromatic carbocycles. The van der Waals surface area contributed by atoms with Gasteiger partial charge in [-0.2, -0.15) is 5.26 Å². The Labute approximate surface area is 108 Å². The van der Waals surface area contributed by atoms with Gasteiger partial charge in [-0.1, -0.05) is 23.5 Å². The first kappa shape index (κ1) is 10.7. The fourth-order valence-electron chi connectivity index (χ4n) is 1.64. The molecule has 0 fully saturated rings. The second kappa shape index (κ2) is 4.43. The van der Waals surface area contributed by atoms with Crippen LogP contribution in [0.15, 0.2) is 42.6 Å². The summed E-state index contributed by atoms with van der Waals surface area (Å²) in [5.74, 6) is 0. The van der Waals surface area contributed by atoms with E-state index in [9.17, 15) is 0 Å². The van der Waals surface area contributed by atoms with Crippen molar-refractivity contribution < 1.29 is 0 Å². The normalized spacial score (nSPS) is 10.2. The van der Waals surface area contributed by atoms with Crippen LogP contribution in [0.3, 0.4) is 0 Å². The Morgan fingerprint density at radius 2 is 2.06 bits per heavy atom. The Morgan fingerprint density at radius 3 is 2.89 bits per heavy atom. The minimum atomic E-state index is 0.372. The molecule has 4 nitrogen and oxygen atoms in total. The molecule has 0 bridgehead atoms. The third-order valence-corrected chi connectivity index (χ3v) is 3.40. The van der Waals surface area contributed by atoms with Gasteiger partial charge in [-0.25, -0.2) is 9.97 Å². The van der Waals surface area contributed by atoms with Gasteiger partial charge in [0, 0.05) is 6.20 Å². The molecule has 2 heterocycles. The summed E-state index contributed by atoms with van der Waals surface area (Å²) in [6.45, 7) is 0. The molecule has 0 radical (unpaired) electrons. The van der Waals surface area contributed by atoms with Gasteiger partial charge in [-0.05, 0) is 24.3 Å². The summed E-state index contributed by atoms with van der Waals surface area (Å²) in [5.41, 5.74) is 2.00. The van der Waals surface area contributed by atoms with Crippen LogP contribution in [-0.4, -0.2) is 9.97 Å². The SMILES string of the molecule is N#Cc1ncccc1Nc1nc2ccccc2s1. The minimum absolute atomic E-state index is 0.372. The molecule has 2 aromatic heterocycles. The average Bonchev–Trinajstić information content (AvgIpc) is 2.81. The van der Waals surface area contributed by atoms with Crippen molar-refractivity contribution >= 4 is 32.4 Å². The predicted octanol–water partition coefficient (Wildman–Crippen LogP) is 3.31. The number of nitriles is 1. The number of pyridine rings is 1. The summed E-state index contributed by atoms with van der Waals surface area (Å²) >= 11 is 1.55. The zero-order chi connectivity index (χ0) is 12.4. The summed E-state index contributed by atoms with van der Waals surface area (Å²) in [7, 11) is 0. The topological polar surface area (TPSA) is 61.6 Å². The van der Waals surface area contributed by atoms with E-state index in [2.05, 4.69) is 21.4 Å². The number of nitrogens with one attached hydrogen (secondary N) is 1. The lowest BCUT2D eigenvalue weighted by Crippen LogP contribution is -1.94. The summed E-state index contributed by atoms with van der Waals surface area (Å²) in [4.78, 5) is 8.45. The summed E-state index contributed by atoms with van der Waals surface area (Å²) in [5, 5.41) is 12.9. The highest BCUT2D eigenvalue weighted by Gasteiger charge is 2.06. The zero-order valence-electron chi connectivity index (χ0n) is 9.29. The molecular formula is C13H8N4S. The molecule has 0 aliphatic rings. The Hall–Kier alpha value is -2.45. The molecule has 0 atom stereocenters. The van der Waals surface area contributed by atoms with Crippen LogP contribution in [-0.2, 0) is 0 Å². The molecule has 18 heavy (non-hydrogen) atoms. The molecule has 0 saturated carbocycles. The van der Waals surface area contributed by atoms with Crippen molar-refractivity contribution in [1.29, 1.82) is 5.26 Å². The molecule has 0 saturated heterocycles. The molecule has 0 spiro atoms. The van der Waals surface area contributed by atoms with E-state index in [1.165, 1.54) is 0 Å². The van der Waals surface area contributed by atoms with Gasteiger partial charge in [0.2, 0.25) is 0 Å². The van der Waals surface area contributed by atoms with Crippen LogP contribution in [0.1, 0.15) is 5.69 Å². The lowest BCUT2D eigenvalue weighted by Gasteiger charge is -2.02. The van der Waals surface area contributed by atoms with Crippen LogP contribution in [0.2, 0.25) is 0 Å². The molecule has 5 heteroatoms. The maximum absolute atomic E-state index is 8.97. The largest absolute Gasteiger partial charge is 0.329 e. The van der Waals surface area contributed by atoms with Gasteiger partial charge in [-0.15, -0.1) is 0 Å². The van der Waals surface area contributed by atoms with Crippen LogP contribution in [0, 0.1) is 11.3 Å². The molecule has 0 unspecified atom stereocenters. The summed E-state index contributed by atoms with van der Waals surface area (Å²) in [6, 6.07) is 13.6. The third-order valence-electron chi connectivity index (χ3n) is 2.45. The van der Waals surface area contributed by atoms with Gasteiger partial charge in [0.05, 0.1) is 15.9 Å². The third kappa shape index (κ3) is 1.90. The van der Waals surface area contributed by atoms with E-state index >= 15 is 0 Å². The van der Waals surface area contributed by atoms with Gasteiger partial charge in [0.25, 0.3) is 0 Å². The van der Waals surface area contributed by atoms with E-state index in [-0.39, 0.29) is 0 Å². The van der Waals surface area contributed by atoms with Crippen LogP contribution in [0.4, 0.5) is 10.8 Å². The van der Waals surface area contributed by atoms with Crippen LogP contribution in [0.25, 0.3) is 10.2 Å². The highest BCUT2D eigenvalue weighted by atomic mass is 32.1. The van der Waals surface area contributed by atoms with E-state index in [1.807, 2.05) is 30.3 Å². The quantitative estimate of drug-likeness (QED) is 0.760. The highest BCUT2D eigenvalue weighted by molar-refractivity contribution is 7.22. The number of aromatic nitrogens is 2. The maximum atomic E-state index is 8.97. The van der Waals surface area contributed by atoms with Crippen molar-refractivity contribution in [2.75, 3.05) is 5.32 Å². The van der Waals surface area contributed by atoms with Crippen molar-refractivity contribution in [3.63, 3.8) is 0 Å². The first-order chi connectivity index (χ1) is 8.86. The molecule has 1 N–H and O–H groups in total. The number of hydrogen-bond donors (Lipinski definition) is 1. The smallest absolute Gasteiger partial charge is 0.188 e. The number of anilines is 2. The van der Waals surface area contributed by atoms with Crippen molar-refractivity contribution in [3.05, 3.63) is 48.3 Å². The van der Waals surface area contributed by atoms with Crippen molar-refractivity contribution in [2.45, 2.75) is 0 Å². The molecule has 3 aromatic rings. The van der Waals surface area contributed by atoms with Crippen LogP contribution >= 0.6 is 11.3 Å². The first-order valence-corrected chi connectivity index (χ1v) is 6.16. The van der Waals surface area contributed by atoms with Gasteiger partial charge >= 0.3 is 0 Å². The molecular weight excluding hydrogens is 244 g/mol. The number of fused-ring (bicyclic) bond motifs is 1. The Balaban J connectivity index is 1.99. The van der Waals surface area contributed by atoms with Crippen molar-refractivity contribution in [3.8, 4) is 6.07 Å². The monoisotopic (exact) mass is 252 g/mol. The molecule has 3 rings (SSSR count). The molecule has 0 aliphatic carbocycles. The van der Waals surface area contributed by atoms with Gasteiger partial charge in [0.15, 0.2) is 10.8 Å². The van der Waals surface area contributed by atoms with E-state index in [0.29, 0.717) is 11.4 Å². The van der Waals surface area contributed by atoms with Gasteiger partial charge < -0.3 is 5.32 Å². The van der Waals surface area contributed by atoms with E-state index in [1.54, 1.807) is 23.6 Å². The Morgan fingerprint density at radius 1 is 1.17 bits per heavy atom. The van der Waals surface area contributed by atoms with Crippen molar-refractivity contribution in [1.82, 2.24) is 9.97 Å². The first-order valence-electron chi connectivity index (χ1n) is 5.34. The van der Waals surface area contributed by atoms with Gasteiger partial charge in [0.1, 0.15) is 6.07 Å². The fraction of sp³-hybridized carbons (Fsp3) is 0. The van der Waals surface area contributed by atoms with Crippen LogP contribution < -0.4 is 5.32 Å². The number of rotatable bonds is 2. The number of nitrogens with zero attached hydrogens (tertiary/aromatic N) is 3. The highest BCUT2D eigenvalue weighted by Crippen LogP contribution is 2.28. The second-order valence-electron chi connectivity index (χ2n) is 3.62. The summed E-state index contributed by atoms with van der Waals surface area (Å²) < 4.78 is 1.11. The minimum Gasteiger partial charge on any atom is -0.329 e. The zero-order valence-corrected chi connectivity index (χ0v) is 10.1. The fourth-order valence-corrected chi connectivity index (χ4v) is 2.51. The van der Waals surface area contributed by atoms with E-state index < -0.39 is 0 Å². The number of benzene rings is 1. The average molecular weight is 252 g/mol. The lowest BCUT2D eigenvalue weighted by atomic mass is 10.3. The van der Waals surface area contributed by atoms with Crippen molar-refractivity contribution in [2.24, 2.45) is 0 Å². The van der Waals surface area contributed by atoms with Crippen LogP contribution in [0.5, 0.6) is 0 Å². The van der Waals surface area contributed by atoms with E-state index in [4.69, 9.17) is 5.26 Å². The van der Waals surface area contributed by atoms with E-state index in [0.717, 1.165) is 15.3 Å². The maximum Gasteiger partial charge on any atom is 0.188 e. The lowest BCUT2D eigenvalue weighted by molar-refractivity contribution is 1.26. The Kier molecular flexibility index (Phi) is 2.63.